The summed E-state index contributed by atoms with van der Waals surface area (Å²) in [5.41, 5.74) is -0.914. The zero-order chi connectivity index (χ0) is 17.6. The SMILES string of the molecule is COC(=O)C(/C=C/C(=O)c1ccc(C(F)(F)F)cc1)C(=O)OC. The summed E-state index contributed by atoms with van der Waals surface area (Å²) in [7, 11) is 2.12. The fourth-order valence-corrected chi connectivity index (χ4v) is 1.61. The second kappa shape index (κ2) is 7.57. The number of halogens is 3. The predicted octanol–water partition coefficient (Wildman–Crippen LogP) is 2.41. The number of esters is 2. The van der Waals surface area contributed by atoms with Crippen LogP contribution < -0.4 is 0 Å². The molecule has 0 fully saturated rings. The van der Waals surface area contributed by atoms with E-state index in [1.807, 2.05) is 0 Å². The Balaban J connectivity index is 2.92. The Morgan fingerprint density at radius 3 is 1.87 bits per heavy atom. The highest BCUT2D eigenvalue weighted by atomic mass is 19.4. The summed E-state index contributed by atoms with van der Waals surface area (Å²) in [5.74, 6) is -3.94. The van der Waals surface area contributed by atoms with Gasteiger partial charge < -0.3 is 9.47 Å². The molecule has 0 spiro atoms. The number of alkyl halides is 3. The first kappa shape index (κ1) is 18.4. The summed E-state index contributed by atoms with van der Waals surface area (Å²) in [4.78, 5) is 34.7. The number of benzene rings is 1. The standard InChI is InChI=1S/C15H13F3O5/c1-22-13(20)11(14(21)23-2)7-8-12(19)9-3-5-10(6-4-9)15(16,17)18/h3-8,11H,1-2H3/b8-7+. The quantitative estimate of drug-likeness (QED) is 0.359. The highest BCUT2D eigenvalue weighted by Gasteiger charge is 2.30. The molecule has 0 aliphatic heterocycles. The van der Waals surface area contributed by atoms with Crippen LogP contribution in [0, 0.1) is 5.92 Å². The van der Waals surface area contributed by atoms with Crippen LogP contribution in [0.5, 0.6) is 0 Å². The largest absolute Gasteiger partial charge is 0.468 e. The van der Waals surface area contributed by atoms with Crippen LogP contribution in [0.3, 0.4) is 0 Å². The number of methoxy groups -OCH3 is 2. The number of carbonyl (C=O) groups is 3. The predicted molar refractivity (Wildman–Crippen MR) is 72.4 cm³/mol. The van der Waals surface area contributed by atoms with Crippen molar-refractivity contribution in [2.45, 2.75) is 6.18 Å². The Kier molecular flexibility index (Phi) is 6.06. The van der Waals surface area contributed by atoms with Crippen molar-refractivity contribution in [2.24, 2.45) is 5.92 Å². The Bertz CT molecular complexity index is 601. The molecule has 23 heavy (non-hydrogen) atoms. The molecule has 5 nitrogen and oxygen atoms in total. The van der Waals surface area contributed by atoms with Gasteiger partial charge in [-0.1, -0.05) is 18.2 Å². The summed E-state index contributed by atoms with van der Waals surface area (Å²) >= 11 is 0. The normalized spacial score (nSPS) is 11.6. The van der Waals surface area contributed by atoms with Crippen molar-refractivity contribution < 1.29 is 37.0 Å². The van der Waals surface area contributed by atoms with Crippen molar-refractivity contribution in [2.75, 3.05) is 14.2 Å². The molecule has 0 saturated carbocycles. The van der Waals surface area contributed by atoms with E-state index in [-0.39, 0.29) is 5.56 Å². The lowest BCUT2D eigenvalue weighted by Gasteiger charge is -2.08. The number of ketones is 1. The number of hydrogen-bond acceptors (Lipinski definition) is 5. The van der Waals surface area contributed by atoms with Gasteiger partial charge in [0, 0.05) is 5.56 Å². The van der Waals surface area contributed by atoms with E-state index in [0.29, 0.717) is 0 Å². The third-order valence-electron chi connectivity index (χ3n) is 2.85. The molecule has 0 radical (unpaired) electrons. The first-order valence-corrected chi connectivity index (χ1v) is 6.26. The third kappa shape index (κ3) is 4.94. The molecule has 124 valence electrons. The molecule has 0 atom stereocenters. The van der Waals surface area contributed by atoms with Crippen molar-refractivity contribution in [3.05, 3.63) is 47.5 Å². The monoisotopic (exact) mass is 330 g/mol. The van der Waals surface area contributed by atoms with E-state index in [0.717, 1.165) is 50.6 Å². The Morgan fingerprint density at radius 1 is 1.00 bits per heavy atom. The highest BCUT2D eigenvalue weighted by Crippen LogP contribution is 2.29. The second-order valence-corrected chi connectivity index (χ2v) is 4.32. The van der Waals surface area contributed by atoms with Crippen LogP contribution in [0.25, 0.3) is 0 Å². The maximum atomic E-state index is 12.4. The minimum absolute atomic E-state index is 0.0252. The number of carbonyl (C=O) groups excluding carboxylic acids is 3. The summed E-state index contributed by atoms with van der Waals surface area (Å²) in [6, 6.07) is 3.53. The van der Waals surface area contributed by atoms with E-state index in [1.165, 1.54) is 0 Å². The molecule has 1 aromatic carbocycles. The topological polar surface area (TPSA) is 69.7 Å². The first-order valence-electron chi connectivity index (χ1n) is 6.26. The van der Waals surface area contributed by atoms with Gasteiger partial charge >= 0.3 is 18.1 Å². The molecule has 0 aliphatic carbocycles. The Hall–Kier alpha value is -2.64. The van der Waals surface area contributed by atoms with Crippen LogP contribution in [0.1, 0.15) is 15.9 Å². The molecule has 0 saturated heterocycles. The van der Waals surface area contributed by atoms with Gasteiger partial charge in [0.25, 0.3) is 0 Å². The lowest BCUT2D eigenvalue weighted by Crippen LogP contribution is -2.24. The van der Waals surface area contributed by atoms with Gasteiger partial charge in [-0.3, -0.25) is 14.4 Å². The van der Waals surface area contributed by atoms with Crippen molar-refractivity contribution in [1.82, 2.24) is 0 Å². The van der Waals surface area contributed by atoms with Gasteiger partial charge in [0.05, 0.1) is 19.8 Å². The van der Waals surface area contributed by atoms with Crippen LogP contribution in [-0.2, 0) is 25.2 Å². The van der Waals surface area contributed by atoms with Crippen LogP contribution in [0.15, 0.2) is 36.4 Å². The lowest BCUT2D eigenvalue weighted by atomic mass is 10.0. The fourth-order valence-electron chi connectivity index (χ4n) is 1.61. The molecule has 0 bridgehead atoms. The Labute approximate surface area is 129 Å². The maximum Gasteiger partial charge on any atom is 0.416 e. The summed E-state index contributed by atoms with van der Waals surface area (Å²) in [6.45, 7) is 0. The zero-order valence-corrected chi connectivity index (χ0v) is 12.2. The lowest BCUT2D eigenvalue weighted by molar-refractivity contribution is -0.156. The summed E-state index contributed by atoms with van der Waals surface area (Å²) < 4.78 is 46.1. The Morgan fingerprint density at radius 2 is 1.48 bits per heavy atom. The van der Waals surface area contributed by atoms with E-state index in [4.69, 9.17) is 0 Å². The van der Waals surface area contributed by atoms with Gasteiger partial charge in [0.2, 0.25) is 0 Å². The molecule has 0 unspecified atom stereocenters. The van der Waals surface area contributed by atoms with E-state index in [1.54, 1.807) is 0 Å². The summed E-state index contributed by atoms with van der Waals surface area (Å²) in [6.07, 6.45) is -2.63. The molecular weight excluding hydrogens is 317 g/mol. The first-order chi connectivity index (χ1) is 10.7. The van der Waals surface area contributed by atoms with Gasteiger partial charge in [-0.2, -0.15) is 13.2 Å². The minimum atomic E-state index is -4.50. The molecule has 0 amide bonds. The highest BCUT2D eigenvalue weighted by molar-refractivity contribution is 6.06. The van der Waals surface area contributed by atoms with Crippen molar-refractivity contribution in [3.8, 4) is 0 Å². The van der Waals surface area contributed by atoms with Crippen molar-refractivity contribution in [3.63, 3.8) is 0 Å². The molecular formula is C15H13F3O5. The minimum Gasteiger partial charge on any atom is -0.468 e. The molecule has 1 rings (SSSR count). The van der Waals surface area contributed by atoms with Crippen LogP contribution in [0.2, 0.25) is 0 Å². The number of hydrogen-bond donors (Lipinski definition) is 0. The molecule has 0 heterocycles. The van der Waals surface area contributed by atoms with E-state index >= 15 is 0 Å². The number of ether oxygens (including phenoxy) is 2. The number of rotatable bonds is 5. The molecule has 0 aromatic heterocycles. The van der Waals surface area contributed by atoms with Gasteiger partial charge in [0.15, 0.2) is 11.7 Å². The number of allylic oxidation sites excluding steroid dienone is 1. The molecule has 0 aliphatic rings. The fraction of sp³-hybridized carbons (Fsp3) is 0.267. The zero-order valence-electron chi connectivity index (χ0n) is 12.2. The van der Waals surface area contributed by atoms with Gasteiger partial charge in [-0.25, -0.2) is 0 Å². The van der Waals surface area contributed by atoms with Crippen molar-refractivity contribution in [1.29, 1.82) is 0 Å². The van der Waals surface area contributed by atoms with Crippen LogP contribution in [-0.4, -0.2) is 31.9 Å². The maximum absolute atomic E-state index is 12.4. The average Bonchev–Trinajstić information content (AvgIpc) is 2.53. The van der Waals surface area contributed by atoms with E-state index in [2.05, 4.69) is 9.47 Å². The molecule has 8 heteroatoms. The smallest absolute Gasteiger partial charge is 0.416 e. The summed E-state index contributed by atoms with van der Waals surface area (Å²) in [5, 5.41) is 0. The van der Waals surface area contributed by atoms with E-state index in [9.17, 15) is 27.6 Å². The second-order valence-electron chi connectivity index (χ2n) is 4.32. The van der Waals surface area contributed by atoms with Crippen molar-refractivity contribution >= 4 is 17.7 Å². The molecule has 1 aromatic rings. The van der Waals surface area contributed by atoms with Crippen LogP contribution >= 0.6 is 0 Å². The molecule has 0 N–H and O–H groups in total. The van der Waals surface area contributed by atoms with E-state index < -0.39 is 35.4 Å². The van der Waals surface area contributed by atoms with Gasteiger partial charge in [-0.05, 0) is 18.2 Å². The third-order valence-corrected chi connectivity index (χ3v) is 2.85. The van der Waals surface area contributed by atoms with Gasteiger partial charge in [-0.15, -0.1) is 0 Å². The average molecular weight is 330 g/mol. The van der Waals surface area contributed by atoms with Gasteiger partial charge in [0.1, 0.15) is 0 Å². The van der Waals surface area contributed by atoms with Crippen LogP contribution in [0.4, 0.5) is 13.2 Å².